The lowest BCUT2D eigenvalue weighted by atomic mass is 10.0. The van der Waals surface area contributed by atoms with Gasteiger partial charge in [-0.25, -0.2) is 0 Å². The minimum atomic E-state index is -1.84. The smallest absolute Gasteiger partial charge is 0.253 e. The highest BCUT2D eigenvalue weighted by molar-refractivity contribution is 6.12. The lowest BCUT2D eigenvalue weighted by molar-refractivity contribution is -0.137. The summed E-state index contributed by atoms with van der Waals surface area (Å²) in [5.74, 6) is -2.75. The van der Waals surface area contributed by atoms with Crippen LogP contribution in [0.5, 0.6) is 0 Å². The average molecular weight is 637 g/mol. The van der Waals surface area contributed by atoms with Gasteiger partial charge in [-0.15, -0.1) is 0 Å². The van der Waals surface area contributed by atoms with Crippen LogP contribution in [0.2, 0.25) is 0 Å². The van der Waals surface area contributed by atoms with E-state index in [1.54, 1.807) is 0 Å². The molecule has 0 saturated carbocycles. The van der Waals surface area contributed by atoms with Gasteiger partial charge in [0.2, 0.25) is 17.7 Å². The Morgan fingerprint density at radius 1 is 0.750 bits per heavy atom. The fourth-order valence-corrected chi connectivity index (χ4v) is 3.55. The highest BCUT2D eigenvalue weighted by Gasteiger charge is 2.30. The van der Waals surface area contributed by atoms with Crippen molar-refractivity contribution in [3.8, 4) is 0 Å². The summed E-state index contributed by atoms with van der Waals surface area (Å²) >= 11 is 0. The van der Waals surface area contributed by atoms with Crippen molar-refractivity contribution in [2.45, 2.75) is 49.7 Å². The van der Waals surface area contributed by atoms with Crippen LogP contribution in [0.25, 0.3) is 0 Å². The second-order valence-electron chi connectivity index (χ2n) is 9.52. The molecular formula is C26H44N4O14. The summed E-state index contributed by atoms with van der Waals surface area (Å²) in [7, 11) is 0. The molecule has 1 rings (SSSR count). The molecule has 0 aromatic heterocycles. The highest BCUT2D eigenvalue weighted by Crippen LogP contribution is 2.05. The highest BCUT2D eigenvalue weighted by atomic mass is 16.6. The minimum Gasteiger partial charge on any atom is -0.394 e. The molecule has 1 aliphatic rings. The minimum absolute atomic E-state index is 0.0384. The Balaban J connectivity index is 2.04. The molecule has 0 aromatic rings. The van der Waals surface area contributed by atoms with E-state index in [1.165, 1.54) is 12.2 Å². The number of carbonyl (C=O) groups is 5. The number of nitrogens with two attached hydrogens (primary N) is 1. The monoisotopic (exact) mass is 636 g/mol. The number of aliphatic hydroxyl groups excluding tert-OH is 5. The topological polar surface area (TPSA) is 277 Å². The van der Waals surface area contributed by atoms with Crippen LogP contribution < -0.4 is 16.4 Å². The Labute approximate surface area is 254 Å². The lowest BCUT2D eigenvalue weighted by Gasteiger charge is -2.25. The fraction of sp³-hybridized carbons (Fsp3) is 0.731. The second kappa shape index (κ2) is 22.4. The number of amides is 5. The maximum atomic E-state index is 12.1. The molecule has 0 fully saturated rings. The van der Waals surface area contributed by atoms with Gasteiger partial charge in [0.1, 0.15) is 24.4 Å². The van der Waals surface area contributed by atoms with Crippen molar-refractivity contribution in [3.05, 3.63) is 12.2 Å². The van der Waals surface area contributed by atoms with Crippen LogP contribution in [0.1, 0.15) is 19.3 Å². The summed E-state index contributed by atoms with van der Waals surface area (Å²) in [6, 6.07) is -1.14. The van der Waals surface area contributed by atoms with Crippen molar-refractivity contribution in [2.24, 2.45) is 5.73 Å². The number of primary amides is 1. The van der Waals surface area contributed by atoms with Crippen LogP contribution in [-0.4, -0.2) is 163 Å². The van der Waals surface area contributed by atoms with Crippen LogP contribution in [0.4, 0.5) is 0 Å². The normalized spacial score (nSPS) is 16.4. The average Bonchev–Trinajstić information content (AvgIpc) is 3.32. The van der Waals surface area contributed by atoms with Gasteiger partial charge >= 0.3 is 0 Å². The summed E-state index contributed by atoms with van der Waals surface area (Å²) in [4.78, 5) is 59.7. The van der Waals surface area contributed by atoms with E-state index in [2.05, 4.69) is 10.6 Å². The molecule has 0 radical (unpaired) electrons. The van der Waals surface area contributed by atoms with Gasteiger partial charge in [0.05, 0.1) is 72.1 Å². The molecule has 0 saturated heterocycles. The van der Waals surface area contributed by atoms with Gasteiger partial charge in [-0.1, -0.05) is 0 Å². The van der Waals surface area contributed by atoms with E-state index in [0.29, 0.717) is 26.4 Å². The van der Waals surface area contributed by atoms with E-state index in [-0.39, 0.29) is 64.0 Å². The van der Waals surface area contributed by atoms with E-state index < -0.39 is 61.3 Å². The number of nitrogens with zero attached hydrogens (tertiary/aromatic N) is 1. The van der Waals surface area contributed by atoms with Crippen molar-refractivity contribution in [3.63, 3.8) is 0 Å². The molecule has 0 spiro atoms. The largest absolute Gasteiger partial charge is 0.394 e. The van der Waals surface area contributed by atoms with Crippen LogP contribution in [-0.2, 0) is 42.9 Å². The fourth-order valence-electron chi connectivity index (χ4n) is 3.55. The molecule has 5 amide bonds. The number of carbonyl (C=O) groups excluding carboxylic acids is 5. The Bertz CT molecular complexity index is 918. The predicted octanol–water partition coefficient (Wildman–Crippen LogP) is -5.33. The van der Waals surface area contributed by atoms with Gasteiger partial charge in [0.15, 0.2) is 0 Å². The second-order valence-corrected chi connectivity index (χ2v) is 9.52. The van der Waals surface area contributed by atoms with Crippen LogP contribution in [0, 0.1) is 0 Å². The molecule has 18 nitrogen and oxygen atoms in total. The van der Waals surface area contributed by atoms with Crippen molar-refractivity contribution >= 4 is 29.5 Å². The SMILES string of the molecule is NC(=O)C(CCC(=O)NC[C@H](O)[C@@H](O)[C@H](O)[C@H](O)CO)NC(=O)CCOCCOCCOCCOCCN1C(=O)C=CC1=O. The number of hydrogen-bond acceptors (Lipinski definition) is 14. The van der Waals surface area contributed by atoms with Crippen LogP contribution in [0.3, 0.4) is 0 Å². The van der Waals surface area contributed by atoms with Gasteiger partial charge in [-0.2, -0.15) is 0 Å². The third kappa shape index (κ3) is 16.1. The van der Waals surface area contributed by atoms with Gasteiger partial charge < -0.3 is 60.8 Å². The summed E-state index contributed by atoms with van der Waals surface area (Å²) in [5, 5.41) is 51.9. The summed E-state index contributed by atoms with van der Waals surface area (Å²) in [6.45, 7) is 0.756. The maximum Gasteiger partial charge on any atom is 0.253 e. The third-order valence-corrected chi connectivity index (χ3v) is 6.12. The lowest BCUT2D eigenvalue weighted by Crippen LogP contribution is -2.50. The summed E-state index contributed by atoms with van der Waals surface area (Å²) < 4.78 is 21.3. The number of aliphatic hydroxyl groups is 5. The number of rotatable bonds is 26. The predicted molar refractivity (Wildman–Crippen MR) is 148 cm³/mol. The molecule has 1 aliphatic heterocycles. The van der Waals surface area contributed by atoms with E-state index in [4.69, 9.17) is 29.8 Å². The standard InChI is InChI=1S/C26H44N4O14/c27-26(40)17(1-2-20(34)28-15-18(32)24(38)25(39)19(33)16-31)29-21(35)5-7-41-9-11-43-13-14-44-12-10-42-8-6-30-22(36)3-4-23(30)37/h3-4,17-19,24-25,31-33,38-39H,1-2,5-16H2,(H2,27,40)(H,28,34)(H,29,35)/t17?,18-,19+,24+,25+/m0/s1. The Kier molecular flexibility index (Phi) is 19.9. The quantitative estimate of drug-likeness (QED) is 0.0325. The van der Waals surface area contributed by atoms with E-state index in [9.17, 15) is 44.4 Å². The molecule has 5 atom stereocenters. The molecule has 252 valence electrons. The van der Waals surface area contributed by atoms with Gasteiger partial charge in [0.25, 0.3) is 11.8 Å². The van der Waals surface area contributed by atoms with Crippen LogP contribution in [0.15, 0.2) is 12.2 Å². The Hall–Kier alpha value is -3.07. The maximum absolute atomic E-state index is 12.1. The molecule has 0 aliphatic carbocycles. The molecule has 0 aromatic carbocycles. The van der Waals surface area contributed by atoms with Gasteiger partial charge in [-0.05, 0) is 6.42 Å². The number of hydrogen-bond donors (Lipinski definition) is 8. The van der Waals surface area contributed by atoms with Crippen molar-refractivity contribution in [1.82, 2.24) is 15.5 Å². The van der Waals surface area contributed by atoms with Crippen LogP contribution >= 0.6 is 0 Å². The number of ether oxygens (including phenoxy) is 4. The van der Waals surface area contributed by atoms with E-state index >= 15 is 0 Å². The first-order valence-electron chi connectivity index (χ1n) is 14.0. The molecule has 44 heavy (non-hydrogen) atoms. The van der Waals surface area contributed by atoms with Crippen molar-refractivity contribution in [1.29, 1.82) is 0 Å². The molecule has 1 heterocycles. The first-order valence-corrected chi connectivity index (χ1v) is 14.0. The van der Waals surface area contributed by atoms with Gasteiger partial charge in [0, 0.05) is 31.5 Å². The molecule has 18 heteroatoms. The van der Waals surface area contributed by atoms with Gasteiger partial charge in [-0.3, -0.25) is 28.9 Å². The van der Waals surface area contributed by atoms with Crippen molar-refractivity contribution < 1.29 is 68.5 Å². The Morgan fingerprint density at radius 3 is 1.77 bits per heavy atom. The summed E-state index contributed by atoms with van der Waals surface area (Å²) in [5.41, 5.74) is 5.29. The number of nitrogens with one attached hydrogen (secondary N) is 2. The van der Waals surface area contributed by atoms with E-state index in [0.717, 1.165) is 4.90 Å². The van der Waals surface area contributed by atoms with E-state index in [1.807, 2.05) is 0 Å². The molecule has 0 bridgehead atoms. The zero-order chi connectivity index (χ0) is 32.9. The number of imide groups is 1. The van der Waals surface area contributed by atoms with Crippen molar-refractivity contribution in [2.75, 3.05) is 72.6 Å². The zero-order valence-corrected chi connectivity index (χ0v) is 24.4. The summed E-state index contributed by atoms with van der Waals surface area (Å²) in [6.07, 6.45) is -5.07. The third-order valence-electron chi connectivity index (χ3n) is 6.12. The Morgan fingerprint density at radius 2 is 1.25 bits per heavy atom. The zero-order valence-electron chi connectivity index (χ0n) is 24.4. The molecular weight excluding hydrogens is 592 g/mol. The molecule has 1 unspecified atom stereocenters. The first-order chi connectivity index (χ1) is 21.0. The first kappa shape index (κ1) is 39.0. The molecule has 9 N–H and O–H groups in total.